The second kappa shape index (κ2) is 8.29. The molecule has 0 aliphatic carbocycles. The van der Waals surface area contributed by atoms with Crippen LogP contribution in [0.3, 0.4) is 0 Å². The molecular formula is C20H23NO3. The fraction of sp³-hybridized carbons (Fsp3) is 0.300. The Bertz CT molecular complexity index is 720. The van der Waals surface area contributed by atoms with E-state index in [1.807, 2.05) is 38.1 Å². The van der Waals surface area contributed by atoms with Crippen LogP contribution in [0.2, 0.25) is 0 Å². The third-order valence-electron chi connectivity index (χ3n) is 3.72. The Morgan fingerprint density at radius 2 is 1.79 bits per heavy atom. The zero-order valence-electron chi connectivity index (χ0n) is 14.4. The summed E-state index contributed by atoms with van der Waals surface area (Å²) in [5, 5.41) is 2.86. The largest absolute Gasteiger partial charge is 0.492 e. The summed E-state index contributed by atoms with van der Waals surface area (Å²) in [5.74, 6) is 0.427. The Hall–Kier alpha value is -2.62. The van der Waals surface area contributed by atoms with Crippen LogP contribution in [0.4, 0.5) is 5.69 Å². The first-order valence-electron chi connectivity index (χ1n) is 8.12. The van der Waals surface area contributed by atoms with Gasteiger partial charge in [-0.3, -0.25) is 9.59 Å². The molecule has 126 valence electrons. The van der Waals surface area contributed by atoms with Gasteiger partial charge in [-0.15, -0.1) is 0 Å². The minimum atomic E-state index is -0.0998. The summed E-state index contributed by atoms with van der Waals surface area (Å²) in [7, 11) is 0. The van der Waals surface area contributed by atoms with Gasteiger partial charge in [0, 0.05) is 12.0 Å². The molecule has 0 aliphatic rings. The fourth-order valence-electron chi connectivity index (χ4n) is 2.35. The number of Topliss-reactive ketones (excluding diaryl/α,β-unsaturated/α-hetero) is 1. The summed E-state index contributed by atoms with van der Waals surface area (Å²) in [4.78, 5) is 23.8. The third kappa shape index (κ3) is 4.95. The van der Waals surface area contributed by atoms with Gasteiger partial charge in [0.05, 0.1) is 12.3 Å². The lowest BCUT2D eigenvalue weighted by molar-refractivity contribution is -0.116. The highest BCUT2D eigenvalue weighted by molar-refractivity contribution is 5.98. The molecule has 1 amide bonds. The normalized spacial score (nSPS) is 10.3. The van der Waals surface area contributed by atoms with Gasteiger partial charge >= 0.3 is 0 Å². The van der Waals surface area contributed by atoms with Crippen LogP contribution in [0.1, 0.15) is 41.8 Å². The quantitative estimate of drug-likeness (QED) is 0.777. The second-order valence-corrected chi connectivity index (χ2v) is 5.73. The number of ether oxygens (including phenoxy) is 1. The molecule has 0 saturated heterocycles. The Morgan fingerprint density at radius 1 is 1.08 bits per heavy atom. The van der Waals surface area contributed by atoms with Gasteiger partial charge in [-0.05, 0) is 51.0 Å². The Labute approximate surface area is 142 Å². The van der Waals surface area contributed by atoms with Gasteiger partial charge in [0.25, 0.3) is 0 Å². The van der Waals surface area contributed by atoms with E-state index in [1.165, 1.54) is 12.5 Å². The minimum Gasteiger partial charge on any atom is -0.492 e. The highest BCUT2D eigenvalue weighted by atomic mass is 16.5. The van der Waals surface area contributed by atoms with E-state index in [0.717, 1.165) is 5.56 Å². The van der Waals surface area contributed by atoms with Crippen LogP contribution < -0.4 is 10.1 Å². The van der Waals surface area contributed by atoms with Crippen LogP contribution in [-0.4, -0.2) is 18.3 Å². The lowest BCUT2D eigenvalue weighted by Crippen LogP contribution is -2.14. The number of carbonyl (C=O) groups is 2. The highest BCUT2D eigenvalue weighted by Gasteiger charge is 2.11. The molecule has 2 aromatic carbocycles. The number of ketones is 1. The molecule has 24 heavy (non-hydrogen) atoms. The summed E-state index contributed by atoms with van der Waals surface area (Å²) >= 11 is 0. The monoisotopic (exact) mass is 325 g/mol. The molecule has 0 atom stereocenters. The average Bonchev–Trinajstić information content (AvgIpc) is 2.56. The summed E-state index contributed by atoms with van der Waals surface area (Å²) in [5.41, 5.74) is 3.41. The molecule has 4 heteroatoms. The molecule has 0 aromatic heterocycles. The Kier molecular flexibility index (Phi) is 6.13. The van der Waals surface area contributed by atoms with Gasteiger partial charge in [-0.1, -0.05) is 29.8 Å². The predicted molar refractivity (Wildman–Crippen MR) is 95.7 cm³/mol. The van der Waals surface area contributed by atoms with Gasteiger partial charge < -0.3 is 10.1 Å². The summed E-state index contributed by atoms with van der Waals surface area (Å²) in [6.07, 6.45) is 1.04. The van der Waals surface area contributed by atoms with E-state index in [2.05, 4.69) is 5.32 Å². The smallest absolute Gasteiger partial charge is 0.224 e. The van der Waals surface area contributed by atoms with E-state index in [4.69, 9.17) is 4.74 Å². The van der Waals surface area contributed by atoms with Crippen LogP contribution in [0.5, 0.6) is 5.75 Å². The topological polar surface area (TPSA) is 55.4 Å². The minimum absolute atomic E-state index is 0.0480. The van der Waals surface area contributed by atoms with Crippen molar-refractivity contribution in [1.82, 2.24) is 0 Å². The van der Waals surface area contributed by atoms with Gasteiger partial charge in [0.15, 0.2) is 5.78 Å². The van der Waals surface area contributed by atoms with E-state index in [9.17, 15) is 9.59 Å². The molecule has 2 rings (SSSR count). The third-order valence-corrected chi connectivity index (χ3v) is 3.72. The van der Waals surface area contributed by atoms with E-state index in [-0.39, 0.29) is 11.7 Å². The number of carbonyl (C=O) groups excluding carboxylic acids is 2. The lowest BCUT2D eigenvalue weighted by Gasteiger charge is -2.12. The molecule has 4 nitrogen and oxygen atoms in total. The number of hydrogen-bond acceptors (Lipinski definition) is 3. The van der Waals surface area contributed by atoms with Crippen molar-refractivity contribution in [3.63, 3.8) is 0 Å². The number of amides is 1. The maximum atomic E-state index is 12.2. The standard InChI is InChI=1S/C20H23NO3/c1-4-24-19-11-10-17(15(3)22)13-18(19)21-20(23)12-9-16-7-5-14(2)6-8-16/h5-8,10-11,13H,4,9,12H2,1-3H3,(H,21,23). The predicted octanol–water partition coefficient (Wildman–Crippen LogP) is 4.17. The van der Waals surface area contributed by atoms with Crippen molar-refractivity contribution < 1.29 is 14.3 Å². The molecule has 0 aliphatic heterocycles. The number of nitrogens with one attached hydrogen (secondary N) is 1. The van der Waals surface area contributed by atoms with Crippen LogP contribution >= 0.6 is 0 Å². The van der Waals surface area contributed by atoms with E-state index >= 15 is 0 Å². The zero-order valence-corrected chi connectivity index (χ0v) is 14.4. The maximum Gasteiger partial charge on any atom is 0.224 e. The molecule has 2 aromatic rings. The molecule has 0 spiro atoms. The summed E-state index contributed by atoms with van der Waals surface area (Å²) < 4.78 is 5.52. The SMILES string of the molecule is CCOc1ccc(C(C)=O)cc1NC(=O)CCc1ccc(C)cc1. The van der Waals surface area contributed by atoms with Crippen LogP contribution in [0, 0.1) is 6.92 Å². The number of benzene rings is 2. The molecule has 0 heterocycles. The molecule has 0 fully saturated rings. The summed E-state index contributed by atoms with van der Waals surface area (Å²) in [6, 6.07) is 13.2. The van der Waals surface area contributed by atoms with E-state index in [0.29, 0.717) is 36.4 Å². The number of anilines is 1. The second-order valence-electron chi connectivity index (χ2n) is 5.73. The van der Waals surface area contributed by atoms with Gasteiger partial charge in [-0.25, -0.2) is 0 Å². The molecule has 1 N–H and O–H groups in total. The molecular weight excluding hydrogens is 302 g/mol. The van der Waals surface area contributed by atoms with Crippen molar-refractivity contribution in [2.75, 3.05) is 11.9 Å². The van der Waals surface area contributed by atoms with Crippen LogP contribution in [0.25, 0.3) is 0 Å². The van der Waals surface area contributed by atoms with Crippen molar-refractivity contribution in [3.8, 4) is 5.75 Å². The average molecular weight is 325 g/mol. The number of hydrogen-bond donors (Lipinski definition) is 1. The first-order valence-corrected chi connectivity index (χ1v) is 8.12. The number of aryl methyl sites for hydroxylation is 2. The van der Waals surface area contributed by atoms with Crippen molar-refractivity contribution in [1.29, 1.82) is 0 Å². The van der Waals surface area contributed by atoms with E-state index in [1.54, 1.807) is 18.2 Å². The van der Waals surface area contributed by atoms with Gasteiger partial charge in [-0.2, -0.15) is 0 Å². The first-order chi connectivity index (χ1) is 11.5. The maximum absolute atomic E-state index is 12.2. The summed E-state index contributed by atoms with van der Waals surface area (Å²) in [6.45, 7) is 5.90. The Balaban J connectivity index is 2.05. The van der Waals surface area contributed by atoms with Crippen LogP contribution in [0.15, 0.2) is 42.5 Å². The van der Waals surface area contributed by atoms with Crippen molar-refractivity contribution >= 4 is 17.4 Å². The first kappa shape index (κ1) is 17.7. The zero-order chi connectivity index (χ0) is 17.5. The molecule has 0 saturated carbocycles. The molecule has 0 radical (unpaired) electrons. The highest BCUT2D eigenvalue weighted by Crippen LogP contribution is 2.26. The van der Waals surface area contributed by atoms with Gasteiger partial charge in [0.2, 0.25) is 5.91 Å². The molecule has 0 unspecified atom stereocenters. The van der Waals surface area contributed by atoms with Gasteiger partial charge in [0.1, 0.15) is 5.75 Å². The molecule has 0 bridgehead atoms. The van der Waals surface area contributed by atoms with Crippen LogP contribution in [-0.2, 0) is 11.2 Å². The fourth-order valence-corrected chi connectivity index (χ4v) is 2.35. The number of rotatable bonds is 7. The van der Waals surface area contributed by atoms with Crippen molar-refractivity contribution in [2.24, 2.45) is 0 Å². The van der Waals surface area contributed by atoms with Crippen molar-refractivity contribution in [3.05, 3.63) is 59.2 Å². The van der Waals surface area contributed by atoms with Crippen molar-refractivity contribution in [2.45, 2.75) is 33.6 Å². The Morgan fingerprint density at radius 3 is 2.42 bits per heavy atom. The lowest BCUT2D eigenvalue weighted by atomic mass is 10.1. The van der Waals surface area contributed by atoms with E-state index < -0.39 is 0 Å².